The van der Waals surface area contributed by atoms with Crippen molar-refractivity contribution in [3.8, 4) is 0 Å². The fraction of sp³-hybridized carbons (Fsp3) is 0.727. The number of unbranched alkanes of at least 4 members (excludes halogenated alkanes) is 1. The molecule has 14 heavy (non-hydrogen) atoms. The minimum atomic E-state index is 1.10. The van der Waals surface area contributed by atoms with Crippen LogP contribution in [0.4, 0.5) is 0 Å². The van der Waals surface area contributed by atoms with Crippen molar-refractivity contribution in [2.45, 2.75) is 33.2 Å². The average molecular weight is 195 g/mol. The molecule has 0 aliphatic rings. The summed E-state index contributed by atoms with van der Waals surface area (Å²) in [5.41, 5.74) is 0. The summed E-state index contributed by atoms with van der Waals surface area (Å²) in [5.74, 6) is 0. The summed E-state index contributed by atoms with van der Waals surface area (Å²) >= 11 is 0. The molecule has 1 rings (SSSR count). The third-order valence-electron chi connectivity index (χ3n) is 2.59. The lowest BCUT2D eigenvalue weighted by Crippen LogP contribution is -2.24. The van der Waals surface area contributed by atoms with Gasteiger partial charge in [0.2, 0.25) is 0 Å². The average Bonchev–Trinajstić information content (AvgIpc) is 2.71. The van der Waals surface area contributed by atoms with Gasteiger partial charge in [-0.3, -0.25) is 0 Å². The number of aryl methyl sites for hydroxylation is 1. The molecular weight excluding hydrogens is 174 g/mol. The van der Waals surface area contributed by atoms with Gasteiger partial charge < -0.3 is 9.47 Å². The molecule has 3 nitrogen and oxygen atoms in total. The quantitative estimate of drug-likeness (QED) is 0.621. The summed E-state index contributed by atoms with van der Waals surface area (Å²) in [7, 11) is 0. The van der Waals surface area contributed by atoms with Crippen LogP contribution in [-0.4, -0.2) is 34.1 Å². The Labute approximate surface area is 86.7 Å². The van der Waals surface area contributed by atoms with E-state index in [4.69, 9.17) is 0 Å². The molecule has 0 N–H and O–H groups in total. The highest BCUT2D eigenvalue weighted by atomic mass is 15.1. The van der Waals surface area contributed by atoms with Gasteiger partial charge in [-0.05, 0) is 32.5 Å². The second-order valence-corrected chi connectivity index (χ2v) is 3.53. The SMILES string of the molecule is CCN(CC)CCCCn1ccnc1. The molecule has 0 unspecified atom stereocenters. The Morgan fingerprint density at radius 1 is 1.21 bits per heavy atom. The Bertz CT molecular complexity index is 214. The predicted octanol–water partition coefficient (Wildman–Crippen LogP) is 2.01. The van der Waals surface area contributed by atoms with Crippen LogP contribution in [0, 0.1) is 0 Å². The van der Waals surface area contributed by atoms with Crippen LogP contribution in [0.15, 0.2) is 18.7 Å². The van der Waals surface area contributed by atoms with E-state index in [1.807, 2.05) is 18.7 Å². The van der Waals surface area contributed by atoms with E-state index in [2.05, 4.69) is 28.3 Å². The predicted molar refractivity (Wildman–Crippen MR) is 59.2 cm³/mol. The van der Waals surface area contributed by atoms with Gasteiger partial charge >= 0.3 is 0 Å². The molecule has 0 aromatic carbocycles. The summed E-state index contributed by atoms with van der Waals surface area (Å²) in [5, 5.41) is 0. The fourth-order valence-corrected chi connectivity index (χ4v) is 1.59. The number of nitrogens with zero attached hydrogens (tertiary/aromatic N) is 3. The largest absolute Gasteiger partial charge is 0.337 e. The minimum absolute atomic E-state index is 1.10. The van der Waals surface area contributed by atoms with Gasteiger partial charge in [-0.2, -0.15) is 0 Å². The van der Waals surface area contributed by atoms with Crippen molar-refractivity contribution in [2.24, 2.45) is 0 Å². The Hall–Kier alpha value is -0.830. The van der Waals surface area contributed by atoms with Crippen LogP contribution in [-0.2, 0) is 6.54 Å². The number of rotatable bonds is 7. The zero-order valence-corrected chi connectivity index (χ0v) is 9.32. The molecule has 1 heterocycles. The zero-order valence-electron chi connectivity index (χ0n) is 9.32. The van der Waals surface area contributed by atoms with Crippen LogP contribution >= 0.6 is 0 Å². The maximum atomic E-state index is 4.02. The van der Waals surface area contributed by atoms with E-state index in [0.717, 1.165) is 6.54 Å². The number of hydrogen-bond acceptors (Lipinski definition) is 2. The Morgan fingerprint density at radius 3 is 2.57 bits per heavy atom. The van der Waals surface area contributed by atoms with Crippen molar-refractivity contribution in [2.75, 3.05) is 19.6 Å². The third-order valence-corrected chi connectivity index (χ3v) is 2.59. The molecule has 0 amide bonds. The summed E-state index contributed by atoms with van der Waals surface area (Å²) < 4.78 is 2.14. The molecule has 0 radical (unpaired) electrons. The normalized spacial score (nSPS) is 11.1. The molecule has 0 saturated carbocycles. The Morgan fingerprint density at radius 2 is 2.00 bits per heavy atom. The van der Waals surface area contributed by atoms with Crippen molar-refractivity contribution in [3.63, 3.8) is 0 Å². The van der Waals surface area contributed by atoms with Gasteiger partial charge in [0.25, 0.3) is 0 Å². The van der Waals surface area contributed by atoms with Gasteiger partial charge in [0.05, 0.1) is 6.33 Å². The summed E-state index contributed by atoms with van der Waals surface area (Å²) in [6.07, 6.45) is 8.27. The van der Waals surface area contributed by atoms with E-state index in [1.54, 1.807) is 0 Å². The molecule has 3 heteroatoms. The van der Waals surface area contributed by atoms with Crippen molar-refractivity contribution in [3.05, 3.63) is 18.7 Å². The molecule has 0 saturated heterocycles. The second kappa shape index (κ2) is 6.60. The molecular formula is C11H21N3. The lowest BCUT2D eigenvalue weighted by molar-refractivity contribution is 0.294. The first-order valence-electron chi connectivity index (χ1n) is 5.55. The standard InChI is InChI=1S/C11H21N3/c1-3-13(4-2)8-5-6-9-14-10-7-12-11-14/h7,10-11H,3-6,8-9H2,1-2H3. The Balaban J connectivity index is 2.04. The summed E-state index contributed by atoms with van der Waals surface area (Å²) in [4.78, 5) is 6.49. The van der Waals surface area contributed by atoms with Crippen LogP contribution in [0.2, 0.25) is 0 Å². The maximum Gasteiger partial charge on any atom is 0.0945 e. The van der Waals surface area contributed by atoms with Crippen LogP contribution in [0.1, 0.15) is 26.7 Å². The van der Waals surface area contributed by atoms with Gasteiger partial charge in [0.15, 0.2) is 0 Å². The summed E-state index contributed by atoms with van der Waals surface area (Å²) in [6.45, 7) is 9.10. The molecule has 0 atom stereocenters. The lowest BCUT2D eigenvalue weighted by Gasteiger charge is -2.17. The molecule has 80 valence electrons. The number of hydrogen-bond donors (Lipinski definition) is 0. The minimum Gasteiger partial charge on any atom is -0.337 e. The van der Waals surface area contributed by atoms with Gasteiger partial charge in [-0.25, -0.2) is 4.98 Å². The molecule has 0 fully saturated rings. The van der Waals surface area contributed by atoms with Crippen molar-refractivity contribution < 1.29 is 0 Å². The first-order chi connectivity index (χ1) is 6.86. The first kappa shape index (κ1) is 11.2. The molecule has 0 bridgehead atoms. The van der Waals surface area contributed by atoms with Crippen molar-refractivity contribution in [1.29, 1.82) is 0 Å². The fourth-order valence-electron chi connectivity index (χ4n) is 1.59. The van der Waals surface area contributed by atoms with E-state index >= 15 is 0 Å². The number of aromatic nitrogens is 2. The van der Waals surface area contributed by atoms with E-state index in [9.17, 15) is 0 Å². The van der Waals surface area contributed by atoms with Gasteiger partial charge in [0, 0.05) is 18.9 Å². The topological polar surface area (TPSA) is 21.1 Å². The van der Waals surface area contributed by atoms with Gasteiger partial charge in [-0.15, -0.1) is 0 Å². The Kier molecular flexibility index (Phi) is 5.30. The van der Waals surface area contributed by atoms with E-state index in [-0.39, 0.29) is 0 Å². The van der Waals surface area contributed by atoms with Gasteiger partial charge in [0.1, 0.15) is 0 Å². The van der Waals surface area contributed by atoms with Crippen LogP contribution in [0.5, 0.6) is 0 Å². The molecule has 0 aliphatic carbocycles. The second-order valence-electron chi connectivity index (χ2n) is 3.53. The van der Waals surface area contributed by atoms with E-state index in [1.165, 1.54) is 32.5 Å². The highest BCUT2D eigenvalue weighted by molar-refractivity contribution is 4.73. The molecule has 1 aromatic rings. The first-order valence-corrected chi connectivity index (χ1v) is 5.55. The maximum absolute atomic E-state index is 4.02. The summed E-state index contributed by atoms with van der Waals surface area (Å²) in [6, 6.07) is 0. The van der Waals surface area contributed by atoms with Crippen molar-refractivity contribution in [1.82, 2.24) is 14.5 Å². The smallest absolute Gasteiger partial charge is 0.0945 e. The number of imidazole rings is 1. The van der Waals surface area contributed by atoms with Crippen molar-refractivity contribution >= 4 is 0 Å². The highest BCUT2D eigenvalue weighted by Gasteiger charge is 1.97. The van der Waals surface area contributed by atoms with Crippen LogP contribution in [0.25, 0.3) is 0 Å². The molecule has 0 aliphatic heterocycles. The molecule has 1 aromatic heterocycles. The van der Waals surface area contributed by atoms with E-state index < -0.39 is 0 Å². The lowest BCUT2D eigenvalue weighted by atomic mass is 10.3. The zero-order chi connectivity index (χ0) is 10.2. The van der Waals surface area contributed by atoms with E-state index in [0.29, 0.717) is 0 Å². The monoisotopic (exact) mass is 195 g/mol. The third kappa shape index (κ3) is 3.92. The van der Waals surface area contributed by atoms with Crippen LogP contribution < -0.4 is 0 Å². The van der Waals surface area contributed by atoms with Crippen LogP contribution in [0.3, 0.4) is 0 Å². The highest BCUT2D eigenvalue weighted by Crippen LogP contribution is 1.98. The van der Waals surface area contributed by atoms with Gasteiger partial charge in [-0.1, -0.05) is 13.8 Å². The molecule has 0 spiro atoms.